The van der Waals surface area contributed by atoms with Gasteiger partial charge in [0.15, 0.2) is 0 Å². The van der Waals surface area contributed by atoms with Crippen LogP contribution in [0.25, 0.3) is 0 Å². The summed E-state index contributed by atoms with van der Waals surface area (Å²) in [5, 5.41) is 7.36. The summed E-state index contributed by atoms with van der Waals surface area (Å²) < 4.78 is 5.91. The van der Waals surface area contributed by atoms with Crippen molar-refractivity contribution in [3.63, 3.8) is 0 Å². The van der Waals surface area contributed by atoms with Gasteiger partial charge in [-0.3, -0.25) is 10.4 Å². The number of hydrogen-bond donors (Lipinski definition) is 2. The molecule has 98 valence electrons. The highest BCUT2D eigenvalue weighted by Crippen LogP contribution is 2.26. The van der Waals surface area contributed by atoms with Crippen LogP contribution < -0.4 is 5.73 Å². The molecular weight excluding hydrogens is 226 g/mol. The van der Waals surface area contributed by atoms with Gasteiger partial charge in [-0.05, 0) is 49.3 Å². The van der Waals surface area contributed by atoms with Gasteiger partial charge in [-0.25, -0.2) is 0 Å². The summed E-state index contributed by atoms with van der Waals surface area (Å²) >= 11 is 0. The van der Waals surface area contributed by atoms with Gasteiger partial charge in [0.25, 0.3) is 0 Å². The lowest BCUT2D eigenvalue weighted by molar-refractivity contribution is 0.00874. The fraction of sp³-hybridized carbons (Fsp3) is 0.571. The molecule has 0 aliphatic heterocycles. The Bertz CT molecular complexity index is 411. The van der Waals surface area contributed by atoms with E-state index in [9.17, 15) is 0 Å². The van der Waals surface area contributed by atoms with Crippen LogP contribution in [0.1, 0.15) is 43.9 Å². The summed E-state index contributed by atoms with van der Waals surface area (Å²) in [5.74, 6) is 0.846. The summed E-state index contributed by atoms with van der Waals surface area (Å²) in [6.45, 7) is 2.89. The maximum absolute atomic E-state index is 7.36. The third-order valence-electron chi connectivity index (χ3n) is 3.55. The van der Waals surface area contributed by atoms with Crippen LogP contribution in [-0.4, -0.2) is 16.9 Å². The largest absolute Gasteiger partial charge is 0.382 e. The number of rotatable bonds is 4. The average Bonchev–Trinajstić information content (AvgIpc) is 2.38. The third kappa shape index (κ3) is 3.53. The molecule has 2 rings (SSSR count). The van der Waals surface area contributed by atoms with E-state index >= 15 is 0 Å². The lowest BCUT2D eigenvalue weighted by atomic mass is 9.89. The molecule has 1 saturated carbocycles. The van der Waals surface area contributed by atoms with Crippen LogP contribution in [0.3, 0.4) is 0 Å². The molecule has 18 heavy (non-hydrogen) atoms. The predicted octanol–water partition coefficient (Wildman–Crippen LogP) is 2.46. The van der Waals surface area contributed by atoms with Gasteiger partial charge in [0.05, 0.1) is 12.7 Å². The van der Waals surface area contributed by atoms with Crippen molar-refractivity contribution in [2.45, 2.75) is 45.3 Å². The minimum Gasteiger partial charge on any atom is -0.382 e. The van der Waals surface area contributed by atoms with Crippen molar-refractivity contribution in [1.82, 2.24) is 4.98 Å². The first-order chi connectivity index (χ1) is 8.65. The van der Waals surface area contributed by atoms with Gasteiger partial charge in [0, 0.05) is 6.20 Å². The first kappa shape index (κ1) is 13.0. The Morgan fingerprint density at radius 3 is 2.83 bits per heavy atom. The van der Waals surface area contributed by atoms with Crippen LogP contribution in [0, 0.1) is 11.3 Å². The smallest absolute Gasteiger partial charge is 0.141 e. The molecule has 0 radical (unpaired) electrons. The number of ether oxygens (including phenoxy) is 1. The Kier molecular flexibility index (Phi) is 4.31. The molecule has 3 N–H and O–H groups in total. The van der Waals surface area contributed by atoms with Crippen LogP contribution in [0.4, 0.5) is 0 Å². The first-order valence-electron chi connectivity index (χ1n) is 6.56. The Morgan fingerprint density at radius 2 is 2.17 bits per heavy atom. The molecule has 0 aromatic carbocycles. The molecule has 0 amide bonds. The van der Waals surface area contributed by atoms with E-state index in [1.807, 2.05) is 12.1 Å². The second-order valence-corrected chi connectivity index (χ2v) is 5.16. The molecule has 0 unspecified atom stereocenters. The van der Waals surface area contributed by atoms with Crippen LogP contribution in [0.5, 0.6) is 0 Å². The molecule has 4 heteroatoms. The standard InChI is InChI=1S/C14H21N3O/c1-10-2-4-12(5-3-10)18-9-11-6-7-17-13(8-11)14(15)16/h6-8,10,12H,2-5,9H2,1H3,(H3,15,16). The lowest BCUT2D eigenvalue weighted by Gasteiger charge is -2.26. The van der Waals surface area contributed by atoms with Crippen molar-refractivity contribution >= 4 is 5.84 Å². The van der Waals surface area contributed by atoms with Crippen molar-refractivity contribution in [3.8, 4) is 0 Å². The molecule has 1 aromatic rings. The maximum atomic E-state index is 7.36. The molecule has 1 fully saturated rings. The lowest BCUT2D eigenvalue weighted by Crippen LogP contribution is -2.20. The van der Waals surface area contributed by atoms with E-state index in [1.54, 1.807) is 6.20 Å². The summed E-state index contributed by atoms with van der Waals surface area (Å²) in [6, 6.07) is 3.74. The molecule has 0 bridgehead atoms. The Hall–Kier alpha value is -1.42. The van der Waals surface area contributed by atoms with E-state index in [2.05, 4.69) is 11.9 Å². The van der Waals surface area contributed by atoms with E-state index in [0.29, 0.717) is 18.4 Å². The van der Waals surface area contributed by atoms with Gasteiger partial charge < -0.3 is 10.5 Å². The second kappa shape index (κ2) is 5.96. The SMILES string of the molecule is CC1CCC(OCc2ccnc(C(=N)N)c2)CC1. The van der Waals surface area contributed by atoms with Crippen LogP contribution in [0.2, 0.25) is 0 Å². The minimum atomic E-state index is 0.00309. The number of pyridine rings is 1. The molecular formula is C14H21N3O. The number of nitrogens with one attached hydrogen (secondary N) is 1. The van der Waals surface area contributed by atoms with Gasteiger partial charge >= 0.3 is 0 Å². The molecule has 1 aliphatic rings. The van der Waals surface area contributed by atoms with E-state index in [-0.39, 0.29) is 5.84 Å². The quantitative estimate of drug-likeness (QED) is 0.634. The number of aromatic nitrogens is 1. The highest BCUT2D eigenvalue weighted by atomic mass is 16.5. The fourth-order valence-corrected chi connectivity index (χ4v) is 2.32. The average molecular weight is 247 g/mol. The van der Waals surface area contributed by atoms with Gasteiger partial charge in [0.2, 0.25) is 0 Å². The summed E-state index contributed by atoms with van der Waals surface area (Å²) in [4.78, 5) is 4.04. The zero-order valence-corrected chi connectivity index (χ0v) is 10.9. The summed E-state index contributed by atoms with van der Waals surface area (Å²) in [7, 11) is 0. The molecule has 0 spiro atoms. The van der Waals surface area contributed by atoms with Crippen molar-refractivity contribution in [1.29, 1.82) is 5.41 Å². The molecule has 1 aromatic heterocycles. The van der Waals surface area contributed by atoms with Crippen LogP contribution >= 0.6 is 0 Å². The molecule has 4 nitrogen and oxygen atoms in total. The third-order valence-corrected chi connectivity index (χ3v) is 3.55. The molecule has 1 aliphatic carbocycles. The monoisotopic (exact) mass is 247 g/mol. The van der Waals surface area contributed by atoms with E-state index in [1.165, 1.54) is 12.8 Å². The van der Waals surface area contributed by atoms with E-state index < -0.39 is 0 Å². The van der Waals surface area contributed by atoms with Gasteiger partial charge in [0.1, 0.15) is 11.5 Å². The number of nitrogens with two attached hydrogens (primary N) is 1. The molecule has 0 saturated heterocycles. The number of hydrogen-bond acceptors (Lipinski definition) is 3. The van der Waals surface area contributed by atoms with Crippen molar-refractivity contribution < 1.29 is 4.74 Å². The molecule has 1 heterocycles. The fourth-order valence-electron chi connectivity index (χ4n) is 2.32. The van der Waals surface area contributed by atoms with E-state index in [4.69, 9.17) is 15.9 Å². The Morgan fingerprint density at radius 1 is 1.44 bits per heavy atom. The zero-order chi connectivity index (χ0) is 13.0. The number of nitrogens with zero attached hydrogens (tertiary/aromatic N) is 1. The minimum absolute atomic E-state index is 0.00309. The highest BCUT2D eigenvalue weighted by molar-refractivity contribution is 5.93. The van der Waals surface area contributed by atoms with Gasteiger partial charge in [-0.2, -0.15) is 0 Å². The van der Waals surface area contributed by atoms with Gasteiger partial charge in [-0.1, -0.05) is 6.92 Å². The van der Waals surface area contributed by atoms with Gasteiger partial charge in [-0.15, -0.1) is 0 Å². The first-order valence-corrected chi connectivity index (χ1v) is 6.56. The van der Waals surface area contributed by atoms with Crippen molar-refractivity contribution in [2.24, 2.45) is 11.7 Å². The second-order valence-electron chi connectivity index (χ2n) is 5.16. The zero-order valence-electron chi connectivity index (χ0n) is 10.9. The topological polar surface area (TPSA) is 72.0 Å². The normalized spacial score (nSPS) is 23.8. The number of nitrogen functional groups attached to an aromatic ring is 1. The van der Waals surface area contributed by atoms with Crippen molar-refractivity contribution in [3.05, 3.63) is 29.6 Å². The van der Waals surface area contributed by atoms with E-state index in [0.717, 1.165) is 24.3 Å². The predicted molar refractivity (Wildman–Crippen MR) is 71.5 cm³/mol. The summed E-state index contributed by atoms with van der Waals surface area (Å²) in [5.41, 5.74) is 6.97. The highest BCUT2D eigenvalue weighted by Gasteiger charge is 2.18. The summed E-state index contributed by atoms with van der Waals surface area (Å²) in [6.07, 6.45) is 6.91. The maximum Gasteiger partial charge on any atom is 0.141 e. The Labute approximate surface area is 108 Å². The Balaban J connectivity index is 1.86. The van der Waals surface area contributed by atoms with Crippen LogP contribution in [0.15, 0.2) is 18.3 Å². The number of amidine groups is 1. The van der Waals surface area contributed by atoms with Crippen molar-refractivity contribution in [2.75, 3.05) is 0 Å². The molecule has 0 atom stereocenters. The van der Waals surface area contributed by atoms with Crippen LogP contribution in [-0.2, 0) is 11.3 Å².